The number of nitro benzene ring substituents is 1. The number of primary amides is 1. The molecule has 110 valence electrons. The van der Waals surface area contributed by atoms with Crippen molar-refractivity contribution in [2.75, 3.05) is 0 Å². The van der Waals surface area contributed by atoms with Gasteiger partial charge in [-0.25, -0.2) is 15.0 Å². The summed E-state index contributed by atoms with van der Waals surface area (Å²) in [6.07, 6.45) is 1.10. The maximum atomic E-state index is 11.8. The third-order valence-corrected chi connectivity index (χ3v) is 3.00. The van der Waals surface area contributed by atoms with E-state index in [4.69, 9.17) is 5.73 Å². The number of amides is 2. The van der Waals surface area contributed by atoms with E-state index in [1.165, 1.54) is 28.3 Å². The standard InChI is InChI=1S/C11H12N6O4/c1-15-8-3-6(5-13-14-10(12)18)7(17(20)21)4-9(8)16(2)11(15)19/h3-5H,1-2H3,(H3,12,14,18)/b13-5-. The normalized spacial score (nSPS) is 11.1. The van der Waals surface area contributed by atoms with Gasteiger partial charge in [0.15, 0.2) is 0 Å². The van der Waals surface area contributed by atoms with Gasteiger partial charge in [0.1, 0.15) is 0 Å². The molecule has 0 atom stereocenters. The van der Waals surface area contributed by atoms with Gasteiger partial charge in [-0.15, -0.1) is 0 Å². The molecule has 1 aromatic carbocycles. The molecule has 2 rings (SSSR count). The summed E-state index contributed by atoms with van der Waals surface area (Å²) in [5.41, 5.74) is 7.33. The van der Waals surface area contributed by atoms with Gasteiger partial charge in [-0.3, -0.25) is 19.2 Å². The Kier molecular flexibility index (Phi) is 3.44. The van der Waals surface area contributed by atoms with Crippen molar-refractivity contribution in [2.24, 2.45) is 24.9 Å². The Morgan fingerprint density at radius 2 is 1.95 bits per heavy atom. The molecule has 0 radical (unpaired) electrons. The molecule has 10 nitrogen and oxygen atoms in total. The lowest BCUT2D eigenvalue weighted by molar-refractivity contribution is -0.384. The van der Waals surface area contributed by atoms with Gasteiger partial charge in [-0.2, -0.15) is 5.10 Å². The highest BCUT2D eigenvalue weighted by atomic mass is 16.6. The molecule has 0 bridgehead atoms. The van der Waals surface area contributed by atoms with Crippen LogP contribution in [-0.2, 0) is 14.1 Å². The number of nitro groups is 1. The van der Waals surface area contributed by atoms with Crippen molar-refractivity contribution >= 4 is 29.0 Å². The summed E-state index contributed by atoms with van der Waals surface area (Å²) >= 11 is 0. The summed E-state index contributed by atoms with van der Waals surface area (Å²) in [4.78, 5) is 32.9. The Balaban J connectivity index is 2.68. The van der Waals surface area contributed by atoms with Crippen molar-refractivity contribution in [1.29, 1.82) is 0 Å². The molecule has 0 unspecified atom stereocenters. The molecule has 3 N–H and O–H groups in total. The molecule has 0 fully saturated rings. The van der Waals surface area contributed by atoms with E-state index >= 15 is 0 Å². The van der Waals surface area contributed by atoms with Crippen LogP contribution in [-0.4, -0.2) is 26.3 Å². The minimum Gasteiger partial charge on any atom is -0.350 e. The van der Waals surface area contributed by atoms with Gasteiger partial charge in [-0.1, -0.05) is 0 Å². The van der Waals surface area contributed by atoms with Gasteiger partial charge in [0.2, 0.25) is 0 Å². The van der Waals surface area contributed by atoms with Gasteiger partial charge in [0.05, 0.1) is 27.7 Å². The van der Waals surface area contributed by atoms with E-state index in [-0.39, 0.29) is 16.9 Å². The number of nitrogens with two attached hydrogens (primary N) is 1. The molecule has 0 saturated heterocycles. The summed E-state index contributed by atoms with van der Waals surface area (Å²) < 4.78 is 2.67. The quantitative estimate of drug-likeness (QED) is 0.459. The third-order valence-electron chi connectivity index (χ3n) is 3.00. The van der Waals surface area contributed by atoms with Crippen molar-refractivity contribution in [2.45, 2.75) is 0 Å². The molecule has 10 heteroatoms. The van der Waals surface area contributed by atoms with Crippen LogP contribution in [0.4, 0.5) is 10.5 Å². The van der Waals surface area contributed by atoms with Crippen molar-refractivity contribution in [1.82, 2.24) is 14.6 Å². The number of hydrogen-bond donors (Lipinski definition) is 2. The largest absolute Gasteiger partial charge is 0.350 e. The van der Waals surface area contributed by atoms with Crippen LogP contribution in [0.1, 0.15) is 5.56 Å². The Labute approximate surface area is 117 Å². The van der Waals surface area contributed by atoms with E-state index in [0.29, 0.717) is 11.0 Å². The minimum absolute atomic E-state index is 0.141. The zero-order chi connectivity index (χ0) is 15.7. The first-order valence-corrected chi connectivity index (χ1v) is 5.75. The number of carbonyl (C=O) groups is 1. The van der Waals surface area contributed by atoms with Crippen molar-refractivity contribution < 1.29 is 9.72 Å². The molecular weight excluding hydrogens is 280 g/mol. The zero-order valence-electron chi connectivity index (χ0n) is 11.2. The number of hydrogen-bond acceptors (Lipinski definition) is 5. The summed E-state index contributed by atoms with van der Waals surface area (Å²) in [6.45, 7) is 0. The number of aryl methyl sites for hydroxylation is 2. The lowest BCUT2D eigenvalue weighted by atomic mass is 10.1. The molecule has 2 amide bonds. The van der Waals surface area contributed by atoms with E-state index in [9.17, 15) is 19.7 Å². The number of imidazole rings is 1. The van der Waals surface area contributed by atoms with Gasteiger partial charge in [0, 0.05) is 20.2 Å². The smallest absolute Gasteiger partial charge is 0.332 e. The molecule has 21 heavy (non-hydrogen) atoms. The number of carbonyl (C=O) groups excluding carboxylic acids is 1. The summed E-state index contributed by atoms with van der Waals surface area (Å²) in [5.74, 6) is 0. The molecular formula is C11H12N6O4. The Morgan fingerprint density at radius 3 is 2.48 bits per heavy atom. The highest BCUT2D eigenvalue weighted by molar-refractivity contribution is 5.93. The molecule has 1 heterocycles. The number of fused-ring (bicyclic) bond motifs is 1. The van der Waals surface area contributed by atoms with Crippen LogP contribution in [0.15, 0.2) is 22.0 Å². The number of nitrogens with one attached hydrogen (secondary N) is 1. The number of benzene rings is 1. The highest BCUT2D eigenvalue weighted by Crippen LogP contribution is 2.23. The van der Waals surface area contributed by atoms with Gasteiger partial charge in [0.25, 0.3) is 5.69 Å². The average molecular weight is 292 g/mol. The summed E-state index contributed by atoms with van der Waals surface area (Å²) in [7, 11) is 3.08. The molecule has 0 aliphatic rings. The zero-order valence-corrected chi connectivity index (χ0v) is 11.2. The van der Waals surface area contributed by atoms with E-state index in [2.05, 4.69) is 5.10 Å². The summed E-state index contributed by atoms with van der Waals surface area (Å²) in [6, 6.07) is 1.84. The van der Waals surface area contributed by atoms with Crippen molar-refractivity contribution in [3.05, 3.63) is 38.3 Å². The molecule has 0 aliphatic carbocycles. The number of hydrazone groups is 1. The maximum Gasteiger partial charge on any atom is 0.332 e. The van der Waals surface area contributed by atoms with E-state index < -0.39 is 11.0 Å². The fourth-order valence-electron chi connectivity index (χ4n) is 1.98. The minimum atomic E-state index is -0.887. The molecule has 1 aromatic heterocycles. The average Bonchev–Trinajstić information content (AvgIpc) is 2.62. The first-order valence-electron chi connectivity index (χ1n) is 5.75. The van der Waals surface area contributed by atoms with Gasteiger partial charge < -0.3 is 5.73 Å². The van der Waals surface area contributed by atoms with Crippen LogP contribution in [0.5, 0.6) is 0 Å². The van der Waals surface area contributed by atoms with Crippen molar-refractivity contribution in [3.63, 3.8) is 0 Å². The lowest BCUT2D eigenvalue weighted by Gasteiger charge is -2.00. The monoisotopic (exact) mass is 292 g/mol. The van der Waals surface area contributed by atoms with Crippen LogP contribution in [0, 0.1) is 10.1 Å². The topological polar surface area (TPSA) is 138 Å². The predicted molar refractivity (Wildman–Crippen MR) is 75.1 cm³/mol. The fourth-order valence-corrected chi connectivity index (χ4v) is 1.98. The van der Waals surface area contributed by atoms with Gasteiger partial charge in [-0.05, 0) is 6.07 Å². The number of aromatic nitrogens is 2. The van der Waals surface area contributed by atoms with E-state index in [0.717, 1.165) is 6.21 Å². The molecule has 2 aromatic rings. The second kappa shape index (κ2) is 5.07. The second-order valence-corrected chi connectivity index (χ2v) is 4.29. The highest BCUT2D eigenvalue weighted by Gasteiger charge is 2.18. The van der Waals surface area contributed by atoms with Crippen LogP contribution in [0.2, 0.25) is 0 Å². The SMILES string of the molecule is Cn1c(=O)n(C)c2cc([N+](=O)[O-])c(/C=N\NC(N)=O)cc21. The molecule has 0 aliphatic heterocycles. The number of nitrogens with zero attached hydrogens (tertiary/aromatic N) is 4. The predicted octanol–water partition coefficient (Wildman–Crippen LogP) is -0.213. The lowest BCUT2D eigenvalue weighted by Crippen LogP contribution is -2.24. The first kappa shape index (κ1) is 14.2. The van der Waals surface area contributed by atoms with Crippen molar-refractivity contribution in [3.8, 4) is 0 Å². The van der Waals surface area contributed by atoms with Crippen LogP contribution in [0.25, 0.3) is 11.0 Å². The summed E-state index contributed by atoms with van der Waals surface area (Å²) in [5, 5.41) is 14.6. The fraction of sp³-hybridized carbons (Fsp3) is 0.182. The van der Waals surface area contributed by atoms with Crippen LogP contribution < -0.4 is 16.8 Å². The molecule has 0 saturated carbocycles. The Morgan fingerprint density at radius 1 is 1.38 bits per heavy atom. The van der Waals surface area contributed by atoms with Gasteiger partial charge >= 0.3 is 11.7 Å². The molecule has 0 spiro atoms. The van der Waals surface area contributed by atoms with Crippen LogP contribution >= 0.6 is 0 Å². The first-order chi connectivity index (χ1) is 9.82. The van der Waals surface area contributed by atoms with E-state index in [1.807, 2.05) is 5.43 Å². The second-order valence-electron chi connectivity index (χ2n) is 4.29. The van der Waals surface area contributed by atoms with E-state index in [1.54, 1.807) is 7.05 Å². The Hall–Kier alpha value is -3.17. The van der Waals surface area contributed by atoms with Crippen LogP contribution in [0.3, 0.4) is 0 Å². The Bertz CT molecular complexity index is 831. The maximum absolute atomic E-state index is 11.8. The number of rotatable bonds is 3. The number of urea groups is 1. The third kappa shape index (κ3) is 2.45.